The molecule has 1 fully saturated rings. The molecule has 6 N–H and O–H groups in total. The maximum absolute atomic E-state index is 13.1. The third kappa shape index (κ3) is 40.1. The van der Waals surface area contributed by atoms with E-state index in [1.807, 2.05) is 6.08 Å². The van der Waals surface area contributed by atoms with Crippen molar-refractivity contribution < 1.29 is 39.8 Å². The van der Waals surface area contributed by atoms with Crippen LogP contribution in [-0.2, 0) is 14.3 Å². The molecule has 0 radical (unpaired) electrons. The zero-order valence-corrected chi connectivity index (χ0v) is 46.0. The monoisotopic (exact) mass is 992 g/mol. The first-order valence-electron chi connectivity index (χ1n) is 30.6. The summed E-state index contributed by atoms with van der Waals surface area (Å²) in [4.78, 5) is 13.1. The van der Waals surface area contributed by atoms with Crippen molar-refractivity contribution >= 4 is 5.91 Å². The number of amides is 1. The minimum Gasteiger partial charge on any atom is -0.394 e. The van der Waals surface area contributed by atoms with Gasteiger partial charge in [-0.25, -0.2) is 0 Å². The predicted molar refractivity (Wildman–Crippen MR) is 295 cm³/mol. The van der Waals surface area contributed by atoms with Gasteiger partial charge in [0.15, 0.2) is 6.29 Å². The van der Waals surface area contributed by atoms with E-state index >= 15 is 0 Å². The Morgan fingerprint density at radius 2 is 0.800 bits per heavy atom. The molecule has 1 heterocycles. The van der Waals surface area contributed by atoms with E-state index in [1.54, 1.807) is 6.08 Å². The number of rotatable bonds is 53. The molecule has 0 aromatic rings. The Kier molecular flexibility index (Phi) is 48.7. The molecule has 0 aromatic carbocycles. The molecule has 0 saturated carbocycles. The van der Waals surface area contributed by atoms with Crippen molar-refractivity contribution in [2.45, 2.75) is 346 Å². The van der Waals surface area contributed by atoms with Gasteiger partial charge in [-0.15, -0.1) is 0 Å². The van der Waals surface area contributed by atoms with Crippen LogP contribution >= 0.6 is 0 Å². The highest BCUT2D eigenvalue weighted by Gasteiger charge is 2.44. The van der Waals surface area contributed by atoms with Gasteiger partial charge in [0.2, 0.25) is 5.91 Å². The van der Waals surface area contributed by atoms with Crippen LogP contribution in [0.3, 0.4) is 0 Å². The number of hydrogen-bond acceptors (Lipinski definition) is 8. The first-order valence-corrected chi connectivity index (χ1v) is 30.6. The summed E-state index contributed by atoms with van der Waals surface area (Å²) in [6.07, 6.45) is 58.2. The van der Waals surface area contributed by atoms with E-state index in [2.05, 4.69) is 31.3 Å². The Morgan fingerprint density at radius 3 is 1.16 bits per heavy atom. The summed E-state index contributed by atoms with van der Waals surface area (Å²) >= 11 is 0. The van der Waals surface area contributed by atoms with Crippen LogP contribution in [0.25, 0.3) is 0 Å². The van der Waals surface area contributed by atoms with Crippen LogP contribution in [0.1, 0.15) is 303 Å². The molecule has 1 aliphatic heterocycles. The highest BCUT2D eigenvalue weighted by molar-refractivity contribution is 5.76. The normalized spacial score (nSPS) is 19.4. The van der Waals surface area contributed by atoms with Crippen molar-refractivity contribution in [3.05, 3.63) is 24.3 Å². The molecule has 1 rings (SSSR count). The van der Waals surface area contributed by atoms with Crippen LogP contribution in [0.5, 0.6) is 0 Å². The second kappa shape index (κ2) is 51.2. The van der Waals surface area contributed by atoms with E-state index in [-0.39, 0.29) is 12.5 Å². The average Bonchev–Trinajstić information content (AvgIpc) is 3.36. The van der Waals surface area contributed by atoms with Crippen LogP contribution in [0, 0.1) is 0 Å². The minimum atomic E-state index is -1.57. The van der Waals surface area contributed by atoms with Gasteiger partial charge in [-0.05, 0) is 44.9 Å². The number of carbonyl (C=O) groups is 1. The van der Waals surface area contributed by atoms with E-state index in [4.69, 9.17) is 9.47 Å². The van der Waals surface area contributed by atoms with Gasteiger partial charge in [0.05, 0.1) is 25.4 Å². The van der Waals surface area contributed by atoms with E-state index in [9.17, 15) is 30.3 Å². The summed E-state index contributed by atoms with van der Waals surface area (Å²) in [7, 11) is 0. The number of aliphatic hydroxyl groups excluding tert-OH is 5. The largest absolute Gasteiger partial charge is 0.394 e. The third-order valence-corrected chi connectivity index (χ3v) is 14.8. The lowest BCUT2D eigenvalue weighted by Crippen LogP contribution is -2.60. The van der Waals surface area contributed by atoms with Gasteiger partial charge in [0, 0.05) is 6.42 Å². The van der Waals surface area contributed by atoms with Crippen LogP contribution in [-0.4, -0.2) is 87.5 Å². The smallest absolute Gasteiger partial charge is 0.220 e. The molecule has 9 heteroatoms. The minimum absolute atomic E-state index is 0.175. The molecule has 1 amide bonds. The summed E-state index contributed by atoms with van der Waals surface area (Å²) < 4.78 is 11.3. The molecule has 0 aromatic heterocycles. The maximum Gasteiger partial charge on any atom is 0.220 e. The summed E-state index contributed by atoms with van der Waals surface area (Å²) in [5.74, 6) is -0.175. The lowest BCUT2D eigenvalue weighted by atomic mass is 9.99. The number of nitrogens with one attached hydrogen (secondary N) is 1. The van der Waals surface area contributed by atoms with Crippen molar-refractivity contribution in [2.75, 3.05) is 13.2 Å². The molecule has 70 heavy (non-hydrogen) atoms. The van der Waals surface area contributed by atoms with Gasteiger partial charge in [-0.2, -0.15) is 0 Å². The van der Waals surface area contributed by atoms with Crippen molar-refractivity contribution in [3.8, 4) is 0 Å². The van der Waals surface area contributed by atoms with E-state index in [0.29, 0.717) is 6.42 Å². The number of hydrogen-bond donors (Lipinski definition) is 6. The van der Waals surface area contributed by atoms with Crippen LogP contribution < -0.4 is 5.32 Å². The van der Waals surface area contributed by atoms with Crippen molar-refractivity contribution in [2.24, 2.45) is 0 Å². The van der Waals surface area contributed by atoms with Gasteiger partial charge < -0.3 is 40.3 Å². The molecule has 0 bridgehead atoms. The Bertz CT molecular complexity index is 1150. The van der Waals surface area contributed by atoms with Crippen molar-refractivity contribution in [1.29, 1.82) is 0 Å². The summed E-state index contributed by atoms with van der Waals surface area (Å²) in [6, 6.07) is -0.805. The highest BCUT2D eigenvalue weighted by atomic mass is 16.7. The molecular formula is C61H117NO8. The van der Waals surface area contributed by atoms with Gasteiger partial charge >= 0.3 is 0 Å². The van der Waals surface area contributed by atoms with Crippen LogP contribution in [0.4, 0.5) is 0 Å². The molecule has 7 unspecified atom stereocenters. The number of unbranched alkanes of at least 4 members (excludes halogenated alkanes) is 41. The van der Waals surface area contributed by atoms with Gasteiger partial charge in [-0.3, -0.25) is 4.79 Å². The second-order valence-electron chi connectivity index (χ2n) is 21.5. The lowest BCUT2D eigenvalue weighted by Gasteiger charge is -2.40. The second-order valence-corrected chi connectivity index (χ2v) is 21.5. The third-order valence-electron chi connectivity index (χ3n) is 14.8. The lowest BCUT2D eigenvalue weighted by molar-refractivity contribution is -0.302. The van der Waals surface area contributed by atoms with Crippen molar-refractivity contribution in [3.63, 3.8) is 0 Å². The number of carbonyl (C=O) groups excluding carboxylic acids is 1. The van der Waals surface area contributed by atoms with E-state index in [1.165, 1.54) is 244 Å². The maximum atomic E-state index is 13.1. The fourth-order valence-corrected chi connectivity index (χ4v) is 9.92. The summed E-state index contributed by atoms with van der Waals surface area (Å²) in [6.45, 7) is 3.81. The fraction of sp³-hybridized carbons (Fsp3) is 0.918. The first kappa shape index (κ1) is 66.7. The summed E-state index contributed by atoms with van der Waals surface area (Å²) in [5.41, 5.74) is 0. The molecule has 1 saturated heterocycles. The molecule has 7 atom stereocenters. The Hall–Kier alpha value is -1.33. The zero-order chi connectivity index (χ0) is 50.8. The molecule has 0 spiro atoms. The van der Waals surface area contributed by atoms with Crippen molar-refractivity contribution in [1.82, 2.24) is 5.32 Å². The Morgan fingerprint density at radius 1 is 0.471 bits per heavy atom. The molecule has 0 aliphatic carbocycles. The van der Waals surface area contributed by atoms with E-state index < -0.39 is 49.5 Å². The highest BCUT2D eigenvalue weighted by Crippen LogP contribution is 2.23. The predicted octanol–water partition coefficient (Wildman–Crippen LogP) is 15.4. The fourth-order valence-electron chi connectivity index (χ4n) is 9.92. The standard InChI is InChI=1S/C61H117NO8/c1-3-5-7-9-11-13-15-17-19-21-23-24-25-26-27-28-29-30-31-33-34-36-38-40-42-44-46-48-50-55(64)54(53-69-61-60(68)59(67)58(66)56(52-63)70-61)62-57(65)51-49-47-45-43-41-39-37-35-32-22-20-18-16-14-12-10-8-6-4-2/h18,20,48,50,54-56,58-61,63-64,66-68H,3-17,19,21-47,49,51-53H2,1-2H3,(H,62,65)/b20-18-,50-48+. The Balaban J connectivity index is 2.18. The molecule has 9 nitrogen and oxygen atoms in total. The van der Waals surface area contributed by atoms with Gasteiger partial charge in [-0.1, -0.05) is 276 Å². The zero-order valence-electron chi connectivity index (χ0n) is 46.0. The SMILES string of the molecule is CCCCCCCC/C=C\CCCCCCCCCCCC(=O)NC(COC1OC(CO)C(O)C(O)C1O)C(O)/C=C/CCCCCCCCCCCCCCCCCCCCCCCCCCCC. The van der Waals surface area contributed by atoms with Gasteiger partial charge in [0.1, 0.15) is 24.4 Å². The van der Waals surface area contributed by atoms with Crippen LogP contribution in [0.15, 0.2) is 24.3 Å². The molecule has 414 valence electrons. The quantitative estimate of drug-likeness (QED) is 0.0261. The number of aliphatic hydroxyl groups is 5. The van der Waals surface area contributed by atoms with E-state index in [0.717, 1.165) is 38.5 Å². The number of allylic oxidation sites excluding steroid dienone is 3. The molecular weight excluding hydrogens is 875 g/mol. The molecule has 1 aliphatic rings. The van der Waals surface area contributed by atoms with Gasteiger partial charge in [0.25, 0.3) is 0 Å². The van der Waals surface area contributed by atoms with Crippen LogP contribution in [0.2, 0.25) is 0 Å². The first-order chi connectivity index (χ1) is 34.3. The Labute approximate surface area is 432 Å². The topological polar surface area (TPSA) is 149 Å². The summed E-state index contributed by atoms with van der Waals surface area (Å²) in [5, 5.41) is 54.6. The number of ether oxygens (including phenoxy) is 2. The average molecular weight is 993 g/mol.